The molecule has 0 saturated heterocycles. The number of nitrogens with zero attached hydrogens (tertiary/aromatic N) is 1. The first-order valence-corrected chi connectivity index (χ1v) is 11.7. The number of nitrogens with one attached hydrogen (secondary N) is 1. The Morgan fingerprint density at radius 1 is 1.03 bits per heavy atom. The van der Waals surface area contributed by atoms with E-state index in [9.17, 15) is 18.0 Å². The van der Waals surface area contributed by atoms with E-state index in [4.69, 9.17) is 4.74 Å². The van der Waals surface area contributed by atoms with Crippen molar-refractivity contribution >= 4 is 38.2 Å². The summed E-state index contributed by atoms with van der Waals surface area (Å²) in [5.74, 6) is -0.987. The second kappa shape index (κ2) is 9.19. The van der Waals surface area contributed by atoms with Crippen LogP contribution in [0.25, 0.3) is 11.3 Å². The molecule has 0 aliphatic rings. The number of hydrogen-bond acceptors (Lipinski definition) is 7. The maximum absolute atomic E-state index is 12.6. The van der Waals surface area contributed by atoms with Gasteiger partial charge in [-0.1, -0.05) is 48.6 Å². The van der Waals surface area contributed by atoms with Gasteiger partial charge >= 0.3 is 5.97 Å². The number of esters is 1. The Balaban J connectivity index is 1.87. The third kappa shape index (κ3) is 4.74. The van der Waals surface area contributed by atoms with Crippen LogP contribution in [0.3, 0.4) is 0 Å². The topological polar surface area (TPSA) is 102 Å². The van der Waals surface area contributed by atoms with Crippen LogP contribution in [0.15, 0.2) is 59.5 Å². The fraction of sp³-hybridized carbons (Fsp3) is 0.190. The molecule has 1 amide bonds. The van der Waals surface area contributed by atoms with Crippen LogP contribution in [0.2, 0.25) is 0 Å². The minimum atomic E-state index is -3.34. The zero-order valence-corrected chi connectivity index (χ0v) is 18.0. The zero-order valence-electron chi connectivity index (χ0n) is 16.4. The fourth-order valence-corrected chi connectivity index (χ4v) is 4.41. The normalized spacial score (nSPS) is 11.1. The molecule has 0 aliphatic heterocycles. The van der Waals surface area contributed by atoms with Crippen LogP contribution in [0.5, 0.6) is 0 Å². The van der Waals surface area contributed by atoms with E-state index in [0.29, 0.717) is 10.6 Å². The molecule has 0 spiro atoms. The van der Waals surface area contributed by atoms with Crippen LogP contribution in [0.1, 0.15) is 33.9 Å². The summed E-state index contributed by atoms with van der Waals surface area (Å²) in [5, 5.41) is 2.91. The first-order chi connectivity index (χ1) is 14.4. The third-order valence-electron chi connectivity index (χ3n) is 4.21. The number of sulfone groups is 1. The van der Waals surface area contributed by atoms with Gasteiger partial charge in [0.2, 0.25) is 0 Å². The van der Waals surface area contributed by atoms with E-state index in [1.165, 1.54) is 24.3 Å². The molecule has 0 atom stereocenters. The largest absolute Gasteiger partial charge is 0.462 e. The average Bonchev–Trinajstić information content (AvgIpc) is 3.18. The molecule has 1 heterocycles. The highest BCUT2D eigenvalue weighted by Crippen LogP contribution is 2.32. The van der Waals surface area contributed by atoms with E-state index in [0.717, 1.165) is 16.9 Å². The van der Waals surface area contributed by atoms with Crippen molar-refractivity contribution in [2.24, 2.45) is 0 Å². The highest BCUT2D eigenvalue weighted by atomic mass is 32.2. The summed E-state index contributed by atoms with van der Waals surface area (Å²) in [5.41, 5.74) is 1.43. The van der Waals surface area contributed by atoms with Crippen molar-refractivity contribution in [2.45, 2.75) is 18.7 Å². The lowest BCUT2D eigenvalue weighted by Gasteiger charge is -2.04. The number of rotatable bonds is 7. The first-order valence-electron chi connectivity index (χ1n) is 9.23. The molecule has 0 fully saturated rings. The highest BCUT2D eigenvalue weighted by molar-refractivity contribution is 7.91. The van der Waals surface area contributed by atoms with Gasteiger partial charge in [-0.2, -0.15) is 0 Å². The van der Waals surface area contributed by atoms with E-state index < -0.39 is 21.7 Å². The molecule has 0 unspecified atom stereocenters. The summed E-state index contributed by atoms with van der Waals surface area (Å²) in [6.45, 7) is 3.50. The van der Waals surface area contributed by atoms with Gasteiger partial charge in [-0.3, -0.25) is 10.1 Å². The summed E-state index contributed by atoms with van der Waals surface area (Å²) in [6.07, 6.45) is 0. The van der Waals surface area contributed by atoms with Crippen LogP contribution >= 0.6 is 11.3 Å². The summed E-state index contributed by atoms with van der Waals surface area (Å²) in [6, 6.07) is 14.8. The number of carbonyl (C=O) groups is 2. The van der Waals surface area contributed by atoms with Gasteiger partial charge in [0.05, 0.1) is 22.9 Å². The molecule has 7 nitrogen and oxygen atoms in total. The van der Waals surface area contributed by atoms with Crippen LogP contribution in [0, 0.1) is 0 Å². The molecule has 0 saturated carbocycles. The average molecular weight is 445 g/mol. The van der Waals surface area contributed by atoms with Gasteiger partial charge in [0.1, 0.15) is 4.88 Å². The summed E-state index contributed by atoms with van der Waals surface area (Å²) in [7, 11) is -3.34. The standard InChI is InChI=1S/C21H20N2O5S2/c1-3-28-20(25)18-17(14-8-6-5-7-9-14)22-21(29-18)23-19(24)15-10-12-16(13-11-15)30(26,27)4-2/h5-13H,3-4H2,1-2H3,(H,22,23,24). The molecule has 9 heteroatoms. The number of hydrogen-bond donors (Lipinski definition) is 1. The van der Waals surface area contributed by atoms with Crippen LogP contribution in [-0.4, -0.2) is 37.6 Å². The van der Waals surface area contributed by atoms with Gasteiger partial charge in [-0.25, -0.2) is 18.2 Å². The molecule has 30 heavy (non-hydrogen) atoms. The minimum absolute atomic E-state index is 0.0173. The third-order valence-corrected chi connectivity index (χ3v) is 6.91. The van der Waals surface area contributed by atoms with Crippen LogP contribution < -0.4 is 5.32 Å². The first kappa shape index (κ1) is 21.7. The Labute approximate surface area is 178 Å². The number of ether oxygens (including phenoxy) is 1. The predicted molar refractivity (Wildman–Crippen MR) is 116 cm³/mol. The van der Waals surface area contributed by atoms with E-state index >= 15 is 0 Å². The number of aromatic nitrogens is 1. The highest BCUT2D eigenvalue weighted by Gasteiger charge is 2.22. The van der Waals surface area contributed by atoms with E-state index in [-0.39, 0.29) is 28.0 Å². The number of benzene rings is 2. The molecule has 156 valence electrons. The van der Waals surface area contributed by atoms with Crippen molar-refractivity contribution in [1.82, 2.24) is 4.98 Å². The van der Waals surface area contributed by atoms with Gasteiger partial charge in [0, 0.05) is 11.1 Å². The van der Waals surface area contributed by atoms with Crippen LogP contribution in [-0.2, 0) is 14.6 Å². The number of carbonyl (C=O) groups excluding carboxylic acids is 2. The van der Waals surface area contributed by atoms with Gasteiger partial charge in [0.25, 0.3) is 5.91 Å². The monoisotopic (exact) mass is 444 g/mol. The summed E-state index contributed by atoms with van der Waals surface area (Å²) < 4.78 is 28.9. The number of anilines is 1. The second-order valence-corrected chi connectivity index (χ2v) is 9.44. The quantitative estimate of drug-likeness (QED) is 0.552. The van der Waals surface area contributed by atoms with E-state index in [1.54, 1.807) is 13.8 Å². The maximum atomic E-state index is 12.6. The lowest BCUT2D eigenvalue weighted by atomic mass is 10.1. The lowest BCUT2D eigenvalue weighted by Crippen LogP contribution is -2.12. The van der Waals surface area contributed by atoms with Crippen molar-refractivity contribution in [2.75, 3.05) is 17.7 Å². The molecule has 3 rings (SSSR count). The Bertz CT molecular complexity index is 1150. The van der Waals surface area contributed by atoms with Crippen molar-refractivity contribution < 1.29 is 22.7 Å². The molecular formula is C21H20N2O5S2. The molecule has 2 aromatic carbocycles. The van der Waals surface area contributed by atoms with Crippen molar-refractivity contribution in [1.29, 1.82) is 0 Å². The SMILES string of the molecule is CCOC(=O)c1sc(NC(=O)c2ccc(S(=O)(=O)CC)cc2)nc1-c1ccccc1. The molecule has 0 radical (unpaired) electrons. The van der Waals surface area contributed by atoms with Crippen molar-refractivity contribution in [3.8, 4) is 11.3 Å². The maximum Gasteiger partial charge on any atom is 0.350 e. The molecule has 1 N–H and O–H groups in total. The van der Waals surface area contributed by atoms with Crippen LogP contribution in [0.4, 0.5) is 5.13 Å². The Kier molecular flexibility index (Phi) is 6.63. The molecule has 0 aliphatic carbocycles. The van der Waals surface area contributed by atoms with Crippen molar-refractivity contribution in [3.63, 3.8) is 0 Å². The van der Waals surface area contributed by atoms with E-state index in [1.807, 2.05) is 30.3 Å². The molecule has 1 aromatic heterocycles. The van der Waals surface area contributed by atoms with Gasteiger partial charge in [-0.15, -0.1) is 0 Å². The zero-order chi connectivity index (χ0) is 21.7. The summed E-state index contributed by atoms with van der Waals surface area (Å²) in [4.78, 5) is 29.8. The van der Waals surface area contributed by atoms with Gasteiger partial charge in [0.15, 0.2) is 15.0 Å². The van der Waals surface area contributed by atoms with Crippen molar-refractivity contribution in [3.05, 3.63) is 65.0 Å². The predicted octanol–water partition coefficient (Wildman–Crippen LogP) is 4.03. The molecular weight excluding hydrogens is 424 g/mol. The second-order valence-electron chi connectivity index (χ2n) is 6.17. The fourth-order valence-electron chi connectivity index (χ4n) is 2.65. The van der Waals surface area contributed by atoms with Gasteiger partial charge in [-0.05, 0) is 31.2 Å². The van der Waals surface area contributed by atoms with E-state index in [2.05, 4.69) is 10.3 Å². The lowest BCUT2D eigenvalue weighted by molar-refractivity contribution is 0.0532. The Morgan fingerprint density at radius 2 is 1.70 bits per heavy atom. The molecule has 3 aromatic rings. The molecule has 0 bridgehead atoms. The summed E-state index contributed by atoms with van der Waals surface area (Å²) >= 11 is 1.02. The minimum Gasteiger partial charge on any atom is -0.462 e. The van der Waals surface area contributed by atoms with Gasteiger partial charge < -0.3 is 4.74 Å². The Hall–Kier alpha value is -3.04. The Morgan fingerprint density at radius 3 is 2.30 bits per heavy atom. The number of thiazole rings is 1. The number of amides is 1. The smallest absolute Gasteiger partial charge is 0.350 e.